The maximum absolute atomic E-state index is 13.9. The lowest BCUT2D eigenvalue weighted by atomic mass is 10.0. The van der Waals surface area contributed by atoms with Gasteiger partial charge >= 0.3 is 0 Å². The second-order valence-electron chi connectivity index (χ2n) is 9.31. The Bertz CT molecular complexity index is 1350. The van der Waals surface area contributed by atoms with Gasteiger partial charge < -0.3 is 9.72 Å². The summed E-state index contributed by atoms with van der Waals surface area (Å²) in [6, 6.07) is 9.57. The number of fused-ring (bicyclic) bond motifs is 1. The highest BCUT2D eigenvalue weighted by molar-refractivity contribution is 7.89. The average molecular weight is 469 g/mol. The molecule has 1 aliphatic rings. The van der Waals surface area contributed by atoms with E-state index < -0.39 is 10.0 Å². The Hall–Kier alpha value is -2.48. The van der Waals surface area contributed by atoms with Crippen molar-refractivity contribution >= 4 is 20.9 Å². The molecule has 0 bridgehead atoms. The van der Waals surface area contributed by atoms with Crippen LogP contribution in [0.25, 0.3) is 10.9 Å². The van der Waals surface area contributed by atoms with Crippen molar-refractivity contribution in [1.29, 1.82) is 0 Å². The number of H-pyrrole nitrogens is 1. The summed E-state index contributed by atoms with van der Waals surface area (Å²) >= 11 is 0. The summed E-state index contributed by atoms with van der Waals surface area (Å²) in [5.74, 6) is 0. The van der Waals surface area contributed by atoms with E-state index in [-0.39, 0.29) is 24.8 Å². The summed E-state index contributed by atoms with van der Waals surface area (Å²) in [5, 5.41) is 0.893. The van der Waals surface area contributed by atoms with Gasteiger partial charge in [-0.1, -0.05) is 17.7 Å². The van der Waals surface area contributed by atoms with Crippen molar-refractivity contribution in [2.24, 2.45) is 0 Å². The fourth-order valence-electron chi connectivity index (χ4n) is 4.80. The second kappa shape index (κ2) is 9.05. The molecule has 1 aliphatic heterocycles. The standard InChI is InChI=1S/C26H32N2O4S/c1-16-9-19(4)25(20(5)10-16)33(30,31)28(15-23-7-6-8-32-23)14-22-13-21-11-17(2)18(3)12-24(21)27-26(22)29/h9-13,23H,6-8,14-15H2,1-5H3,(H,27,29)/t23-/m0/s1. The number of ether oxygens (including phenoxy) is 1. The van der Waals surface area contributed by atoms with E-state index in [9.17, 15) is 13.2 Å². The van der Waals surface area contributed by atoms with Gasteiger partial charge in [-0.15, -0.1) is 0 Å². The van der Waals surface area contributed by atoms with Gasteiger partial charge in [0.25, 0.3) is 5.56 Å². The Labute approximate surface area is 195 Å². The fraction of sp³-hybridized carbons (Fsp3) is 0.423. The molecule has 0 unspecified atom stereocenters. The van der Waals surface area contributed by atoms with Gasteiger partial charge in [-0.25, -0.2) is 8.42 Å². The zero-order valence-corrected chi connectivity index (χ0v) is 20.8. The molecular formula is C26H32N2O4S. The minimum Gasteiger partial charge on any atom is -0.377 e. The van der Waals surface area contributed by atoms with Gasteiger partial charge in [0.2, 0.25) is 10.0 Å². The number of nitrogens with zero attached hydrogens (tertiary/aromatic N) is 1. The van der Waals surface area contributed by atoms with Crippen molar-refractivity contribution in [2.75, 3.05) is 13.2 Å². The van der Waals surface area contributed by atoms with Gasteiger partial charge in [-0.2, -0.15) is 4.31 Å². The summed E-state index contributed by atoms with van der Waals surface area (Å²) in [5.41, 5.74) is 5.57. The third-order valence-electron chi connectivity index (χ3n) is 6.52. The minimum absolute atomic E-state index is 0.00680. The van der Waals surface area contributed by atoms with E-state index in [1.165, 1.54) is 4.31 Å². The van der Waals surface area contributed by atoms with Crippen LogP contribution in [0.2, 0.25) is 0 Å². The van der Waals surface area contributed by atoms with Gasteiger partial charge in [0.15, 0.2) is 0 Å². The van der Waals surface area contributed by atoms with Crippen molar-refractivity contribution in [3.8, 4) is 0 Å². The van der Waals surface area contributed by atoms with Crippen LogP contribution in [0, 0.1) is 34.6 Å². The molecule has 6 nitrogen and oxygen atoms in total. The van der Waals surface area contributed by atoms with Crippen molar-refractivity contribution in [3.63, 3.8) is 0 Å². The molecule has 176 valence electrons. The molecule has 4 rings (SSSR count). The highest BCUT2D eigenvalue weighted by Gasteiger charge is 2.32. The van der Waals surface area contributed by atoms with E-state index in [1.807, 2.05) is 65.0 Å². The molecule has 3 aromatic rings. The van der Waals surface area contributed by atoms with E-state index in [4.69, 9.17) is 4.74 Å². The van der Waals surface area contributed by atoms with E-state index in [2.05, 4.69) is 4.98 Å². The van der Waals surface area contributed by atoms with Gasteiger partial charge in [-0.05, 0) is 93.3 Å². The molecule has 2 aromatic carbocycles. The molecule has 0 saturated carbocycles. The van der Waals surface area contributed by atoms with Gasteiger partial charge in [0.05, 0.1) is 11.0 Å². The quantitative estimate of drug-likeness (QED) is 0.580. The first kappa shape index (κ1) is 23.7. The first-order chi connectivity index (χ1) is 15.6. The first-order valence-corrected chi connectivity index (χ1v) is 12.8. The number of pyridine rings is 1. The molecule has 1 N–H and O–H groups in total. The zero-order chi connectivity index (χ0) is 23.9. The first-order valence-electron chi connectivity index (χ1n) is 11.4. The van der Waals surface area contributed by atoms with Crippen LogP contribution in [0.3, 0.4) is 0 Å². The number of aromatic amines is 1. The van der Waals surface area contributed by atoms with E-state index in [1.54, 1.807) is 0 Å². The summed E-state index contributed by atoms with van der Waals surface area (Å²) in [6.07, 6.45) is 1.55. The van der Waals surface area contributed by atoms with Crippen LogP contribution in [0.1, 0.15) is 46.2 Å². The normalized spacial score (nSPS) is 16.7. The third kappa shape index (κ3) is 4.76. The lowest BCUT2D eigenvalue weighted by molar-refractivity contribution is 0.0925. The van der Waals surface area contributed by atoms with Gasteiger partial charge in [-0.3, -0.25) is 4.79 Å². The molecule has 0 amide bonds. The Balaban J connectivity index is 1.79. The number of hydrogen-bond donors (Lipinski definition) is 1. The fourth-order valence-corrected chi connectivity index (χ4v) is 6.66. The minimum atomic E-state index is -3.85. The average Bonchev–Trinajstić information content (AvgIpc) is 3.21. The lowest BCUT2D eigenvalue weighted by Crippen LogP contribution is -2.38. The highest BCUT2D eigenvalue weighted by Crippen LogP contribution is 2.28. The molecule has 0 spiro atoms. The van der Waals surface area contributed by atoms with Crippen molar-refractivity contribution in [3.05, 3.63) is 74.1 Å². The number of nitrogens with one attached hydrogen (secondary N) is 1. The molecule has 1 saturated heterocycles. The molecule has 1 fully saturated rings. The monoisotopic (exact) mass is 468 g/mol. The van der Waals surface area contributed by atoms with Gasteiger partial charge in [0.1, 0.15) is 0 Å². The zero-order valence-electron chi connectivity index (χ0n) is 20.0. The molecule has 7 heteroatoms. The molecule has 1 aromatic heterocycles. The summed E-state index contributed by atoms with van der Waals surface area (Å²) < 4.78 is 35.0. The Kier molecular flexibility index (Phi) is 6.49. The molecule has 33 heavy (non-hydrogen) atoms. The molecule has 0 aliphatic carbocycles. The van der Waals surface area contributed by atoms with E-state index >= 15 is 0 Å². The van der Waals surface area contributed by atoms with Crippen LogP contribution < -0.4 is 5.56 Å². The number of rotatable bonds is 6. The smallest absolute Gasteiger partial charge is 0.252 e. The largest absolute Gasteiger partial charge is 0.377 e. The van der Waals surface area contributed by atoms with Crippen molar-refractivity contribution in [2.45, 2.75) is 65.0 Å². The maximum Gasteiger partial charge on any atom is 0.252 e. The second-order valence-corrected chi connectivity index (χ2v) is 11.2. The molecular weight excluding hydrogens is 436 g/mol. The highest BCUT2D eigenvalue weighted by atomic mass is 32.2. The van der Waals surface area contributed by atoms with Crippen LogP contribution in [-0.4, -0.2) is 37.0 Å². The summed E-state index contributed by atoms with van der Waals surface area (Å²) in [6.45, 7) is 10.5. The Morgan fingerprint density at radius 2 is 1.64 bits per heavy atom. The topological polar surface area (TPSA) is 79.5 Å². The third-order valence-corrected chi connectivity index (χ3v) is 8.63. The van der Waals surface area contributed by atoms with Crippen LogP contribution in [0.4, 0.5) is 0 Å². The van der Waals surface area contributed by atoms with Crippen molar-refractivity contribution < 1.29 is 13.2 Å². The summed E-state index contributed by atoms with van der Waals surface area (Å²) in [4.78, 5) is 16.2. The van der Waals surface area contributed by atoms with Crippen molar-refractivity contribution in [1.82, 2.24) is 9.29 Å². The number of benzene rings is 2. The van der Waals surface area contributed by atoms with Crippen LogP contribution >= 0.6 is 0 Å². The molecule has 2 heterocycles. The number of aryl methyl sites for hydroxylation is 5. The SMILES string of the molecule is Cc1cc(C)c(S(=O)(=O)N(Cc2cc3cc(C)c(C)cc3[nH]c2=O)C[C@@H]2CCCO2)c(C)c1. The number of sulfonamides is 1. The summed E-state index contributed by atoms with van der Waals surface area (Å²) in [7, 11) is -3.85. The Morgan fingerprint density at radius 3 is 2.27 bits per heavy atom. The van der Waals surface area contributed by atoms with Crippen LogP contribution in [0.15, 0.2) is 40.0 Å². The van der Waals surface area contributed by atoms with Crippen LogP contribution in [-0.2, 0) is 21.3 Å². The predicted octanol–water partition coefficient (Wildman–Crippen LogP) is 4.44. The van der Waals surface area contributed by atoms with E-state index in [0.29, 0.717) is 28.2 Å². The molecule has 0 radical (unpaired) electrons. The number of aromatic nitrogens is 1. The maximum atomic E-state index is 13.9. The van der Waals surface area contributed by atoms with Gasteiger partial charge in [0, 0.05) is 30.8 Å². The Morgan fingerprint density at radius 1 is 0.970 bits per heavy atom. The predicted molar refractivity (Wildman–Crippen MR) is 131 cm³/mol. The van der Waals surface area contributed by atoms with E-state index in [0.717, 1.165) is 40.4 Å². The van der Waals surface area contributed by atoms with Crippen LogP contribution in [0.5, 0.6) is 0 Å². The molecule has 1 atom stereocenters. The number of hydrogen-bond acceptors (Lipinski definition) is 4. The lowest BCUT2D eigenvalue weighted by Gasteiger charge is -2.26.